The van der Waals surface area contributed by atoms with Crippen LogP contribution >= 0.6 is 0 Å². The van der Waals surface area contributed by atoms with Gasteiger partial charge in [-0.05, 0) is 32.2 Å². The summed E-state index contributed by atoms with van der Waals surface area (Å²) in [6.07, 6.45) is 7.09. The summed E-state index contributed by atoms with van der Waals surface area (Å²) in [5, 5.41) is 7.15. The van der Waals surface area contributed by atoms with Gasteiger partial charge in [0.2, 0.25) is 0 Å². The molecule has 0 aromatic heterocycles. The molecule has 1 rings (SSSR count). The molecule has 0 aromatic rings. The van der Waals surface area contributed by atoms with Gasteiger partial charge in [-0.1, -0.05) is 20.3 Å². The van der Waals surface area contributed by atoms with Crippen molar-refractivity contribution in [3.63, 3.8) is 0 Å². The Bertz CT molecular complexity index is 110. The van der Waals surface area contributed by atoms with Crippen LogP contribution in [-0.2, 0) is 0 Å². The molecule has 1 fully saturated rings. The molecule has 2 nitrogen and oxygen atoms in total. The summed E-state index contributed by atoms with van der Waals surface area (Å²) in [6.45, 7) is 5.60. The number of nitrogens with one attached hydrogen (secondary N) is 2. The molecule has 0 spiro atoms. The van der Waals surface area contributed by atoms with Gasteiger partial charge in [0.1, 0.15) is 0 Å². The minimum Gasteiger partial charge on any atom is -0.302 e. The Hall–Kier alpha value is -0.0800. The lowest BCUT2D eigenvalue weighted by Gasteiger charge is -2.18. The molecule has 0 radical (unpaired) electrons. The van der Waals surface area contributed by atoms with Crippen molar-refractivity contribution in [2.24, 2.45) is 0 Å². The van der Waals surface area contributed by atoms with Crippen LogP contribution in [0.25, 0.3) is 0 Å². The normalized spacial score (nSPS) is 19.5. The maximum Gasteiger partial charge on any atom is 0.0573 e. The Morgan fingerprint density at radius 1 is 1.25 bits per heavy atom. The zero-order valence-electron chi connectivity index (χ0n) is 8.40. The first-order valence-electron chi connectivity index (χ1n) is 5.36. The van der Waals surface area contributed by atoms with E-state index in [0.717, 1.165) is 12.6 Å². The van der Waals surface area contributed by atoms with Crippen LogP contribution in [0.2, 0.25) is 0 Å². The smallest absolute Gasteiger partial charge is 0.0573 e. The predicted molar refractivity (Wildman–Crippen MR) is 53.1 cm³/mol. The van der Waals surface area contributed by atoms with E-state index >= 15 is 0 Å². The number of hydrogen-bond donors (Lipinski definition) is 2. The van der Waals surface area contributed by atoms with E-state index in [2.05, 4.69) is 24.5 Å². The Morgan fingerprint density at radius 2 is 2.00 bits per heavy atom. The Morgan fingerprint density at radius 3 is 2.50 bits per heavy atom. The largest absolute Gasteiger partial charge is 0.302 e. The fourth-order valence-corrected chi connectivity index (χ4v) is 1.39. The summed E-state index contributed by atoms with van der Waals surface area (Å²) in [5.74, 6) is 0. The highest BCUT2D eigenvalue weighted by atomic mass is 15.1. The lowest BCUT2D eigenvalue weighted by Crippen LogP contribution is -2.43. The van der Waals surface area contributed by atoms with Crippen molar-refractivity contribution in [2.45, 2.75) is 58.2 Å². The van der Waals surface area contributed by atoms with Crippen LogP contribution in [-0.4, -0.2) is 18.8 Å². The average Bonchev–Trinajstić information content (AvgIpc) is 2.84. The van der Waals surface area contributed by atoms with Crippen LogP contribution in [0.1, 0.15) is 46.0 Å². The van der Waals surface area contributed by atoms with E-state index in [1.165, 1.54) is 32.1 Å². The third kappa shape index (κ3) is 4.07. The molecule has 2 N–H and O–H groups in total. The molecule has 1 saturated carbocycles. The van der Waals surface area contributed by atoms with Gasteiger partial charge in [0.05, 0.1) is 6.17 Å². The Balaban J connectivity index is 2.07. The summed E-state index contributed by atoms with van der Waals surface area (Å²) in [6, 6.07) is 0.825. The third-order valence-electron chi connectivity index (χ3n) is 2.23. The molecule has 2 heteroatoms. The summed E-state index contributed by atoms with van der Waals surface area (Å²) >= 11 is 0. The Labute approximate surface area is 76.1 Å². The van der Waals surface area contributed by atoms with E-state index in [4.69, 9.17) is 0 Å². The van der Waals surface area contributed by atoms with Gasteiger partial charge in [-0.25, -0.2) is 0 Å². The Kier molecular flexibility index (Phi) is 4.62. The van der Waals surface area contributed by atoms with Crippen LogP contribution in [0.15, 0.2) is 0 Å². The van der Waals surface area contributed by atoms with Crippen LogP contribution in [0, 0.1) is 0 Å². The zero-order chi connectivity index (χ0) is 8.81. The topological polar surface area (TPSA) is 24.1 Å². The monoisotopic (exact) mass is 170 g/mol. The summed E-state index contributed by atoms with van der Waals surface area (Å²) < 4.78 is 0. The fraction of sp³-hybridized carbons (Fsp3) is 1.00. The first-order valence-corrected chi connectivity index (χ1v) is 5.36. The quantitative estimate of drug-likeness (QED) is 0.570. The lowest BCUT2D eigenvalue weighted by atomic mass is 10.2. The number of hydrogen-bond acceptors (Lipinski definition) is 2. The van der Waals surface area contributed by atoms with Crippen molar-refractivity contribution in [1.82, 2.24) is 10.6 Å². The molecule has 0 amide bonds. The van der Waals surface area contributed by atoms with E-state index in [9.17, 15) is 0 Å². The second kappa shape index (κ2) is 5.55. The van der Waals surface area contributed by atoms with Crippen LogP contribution in [0.5, 0.6) is 0 Å². The average molecular weight is 170 g/mol. The summed E-state index contributed by atoms with van der Waals surface area (Å²) in [4.78, 5) is 0. The molecule has 0 aromatic carbocycles. The van der Waals surface area contributed by atoms with E-state index in [0.29, 0.717) is 6.17 Å². The van der Waals surface area contributed by atoms with E-state index in [-0.39, 0.29) is 0 Å². The maximum absolute atomic E-state index is 3.62. The van der Waals surface area contributed by atoms with Gasteiger partial charge in [-0.2, -0.15) is 0 Å². The van der Waals surface area contributed by atoms with Crippen molar-refractivity contribution in [3.05, 3.63) is 0 Å². The number of rotatable bonds is 7. The molecule has 0 bridgehead atoms. The molecular formula is C10H22N2. The van der Waals surface area contributed by atoms with Gasteiger partial charge in [0, 0.05) is 6.04 Å². The second-order valence-corrected chi connectivity index (χ2v) is 3.74. The highest BCUT2D eigenvalue weighted by molar-refractivity contribution is 4.83. The van der Waals surface area contributed by atoms with Crippen LogP contribution in [0.4, 0.5) is 0 Å². The van der Waals surface area contributed by atoms with Crippen molar-refractivity contribution in [3.8, 4) is 0 Å². The molecule has 72 valence electrons. The zero-order valence-corrected chi connectivity index (χ0v) is 8.40. The fourth-order valence-electron chi connectivity index (χ4n) is 1.39. The van der Waals surface area contributed by atoms with Gasteiger partial charge < -0.3 is 5.32 Å². The third-order valence-corrected chi connectivity index (χ3v) is 2.23. The highest BCUT2D eigenvalue weighted by Gasteiger charge is 2.23. The van der Waals surface area contributed by atoms with Gasteiger partial charge in [0.15, 0.2) is 0 Å². The molecular weight excluding hydrogens is 148 g/mol. The maximum atomic E-state index is 3.62. The van der Waals surface area contributed by atoms with E-state index in [1.807, 2.05) is 0 Å². The van der Waals surface area contributed by atoms with Crippen LogP contribution < -0.4 is 10.6 Å². The second-order valence-electron chi connectivity index (χ2n) is 3.74. The molecule has 1 atom stereocenters. The first kappa shape index (κ1) is 10.0. The van der Waals surface area contributed by atoms with Gasteiger partial charge in [-0.15, -0.1) is 0 Å². The highest BCUT2D eigenvalue weighted by Crippen LogP contribution is 2.19. The van der Waals surface area contributed by atoms with Crippen molar-refractivity contribution in [2.75, 3.05) is 6.54 Å². The minimum absolute atomic E-state index is 0.572. The molecule has 0 aliphatic heterocycles. The molecule has 0 saturated heterocycles. The summed E-state index contributed by atoms with van der Waals surface area (Å²) in [7, 11) is 0. The van der Waals surface area contributed by atoms with Crippen molar-refractivity contribution < 1.29 is 0 Å². The van der Waals surface area contributed by atoms with Gasteiger partial charge >= 0.3 is 0 Å². The molecule has 1 unspecified atom stereocenters. The molecule has 0 heterocycles. The molecule has 1 aliphatic carbocycles. The summed E-state index contributed by atoms with van der Waals surface area (Å²) in [5.41, 5.74) is 0. The minimum atomic E-state index is 0.572. The van der Waals surface area contributed by atoms with Crippen LogP contribution in [0.3, 0.4) is 0 Å². The van der Waals surface area contributed by atoms with Gasteiger partial charge in [0.25, 0.3) is 0 Å². The van der Waals surface area contributed by atoms with E-state index < -0.39 is 0 Å². The molecule has 1 aliphatic rings. The predicted octanol–water partition coefficient (Wildman–Crippen LogP) is 1.86. The standard InChI is InChI=1S/C10H22N2/c1-3-5-10(11-8-4-2)12-9-6-7-9/h9-12H,3-8H2,1-2H3. The first-order chi connectivity index (χ1) is 5.86. The SMILES string of the molecule is CCCNC(CCC)NC1CC1. The van der Waals surface area contributed by atoms with Gasteiger partial charge in [-0.3, -0.25) is 5.32 Å². The van der Waals surface area contributed by atoms with E-state index in [1.54, 1.807) is 0 Å². The lowest BCUT2D eigenvalue weighted by molar-refractivity contribution is 0.395. The van der Waals surface area contributed by atoms with Crippen molar-refractivity contribution >= 4 is 0 Å². The van der Waals surface area contributed by atoms with Crippen molar-refractivity contribution in [1.29, 1.82) is 0 Å². The molecule has 12 heavy (non-hydrogen) atoms.